The molecule has 0 bridgehead atoms. The number of hydrogen-bond acceptors (Lipinski definition) is 32. The van der Waals surface area contributed by atoms with Gasteiger partial charge in [0.2, 0.25) is 17.1 Å². The van der Waals surface area contributed by atoms with Crippen LogP contribution < -0.4 is 80.4 Å². The third-order valence-electron chi connectivity index (χ3n) is 17.7. The van der Waals surface area contributed by atoms with Gasteiger partial charge in [0.1, 0.15) is 57.5 Å². The standard InChI is InChI=1S/C12H16N2OS.2C11H14N2O4.C11H16N2O3.C11H18N2O.C11H13NO4.C10H14N2O3.C7H8N2O3.C3H5ClO/c1-4-7-14(2)11-8-10(13-9-16)5-6-12(11)15-3;2*1-4-11(14)12(2)9-7-8(13(15)16)5-6-10(9)17-3;1-4-7-12(2)10-8-9(13(14)15)5-6-11(10)16-3;1-4-7-13(2)10-8-9(12)5-6-11(10)14-3;1-3-10(13)7-8-6-9(12(14)15)4-5-11(8)16-2;1-5(2)6-3-7(10(15)12-11)9(14)4-8(6)13;1-12-7-3-2-5(9(10)11)4-6(7)8;1-2-3(4)5/h5-6,8H,4,7H2,1-3H3;2*5-7H,4H2,1-3H3;5-6,8H,4,7H2,1-3H3;5-6,8H,4,7,12H2,1-3H3;4-6H,3,7H2,1-2H3;3-5,13-14H,11H2,1-2H3,(H,12,15);2-4H,8H2,1H3;2H2,1H3. The number of halogens is 1. The molecule has 0 aliphatic heterocycles. The average molecular weight is 1830 g/mol. The number of anilines is 7. The quantitative estimate of drug-likeness (QED) is 0.00333. The molecule has 0 saturated carbocycles. The fraction of sp³-hybridized carbons (Fsp3) is 0.379. The first-order valence-corrected chi connectivity index (χ1v) is 40.3. The number of nitrogens with zero attached hydrogens (tertiary/aromatic N) is 11. The van der Waals surface area contributed by atoms with Crippen molar-refractivity contribution in [2.45, 2.75) is 120 Å². The first kappa shape index (κ1) is 114. The molecule has 0 spiro atoms. The average Bonchev–Trinajstić information content (AvgIpc) is 0.823. The Kier molecular flexibility index (Phi) is 53.6. The lowest BCUT2D eigenvalue weighted by Gasteiger charge is -2.21. The van der Waals surface area contributed by atoms with Gasteiger partial charge in [-0.3, -0.25) is 80.0 Å². The molecule has 0 saturated heterocycles. The van der Waals surface area contributed by atoms with Crippen LogP contribution >= 0.6 is 23.8 Å². The lowest BCUT2D eigenvalue weighted by molar-refractivity contribution is -0.385. The van der Waals surface area contributed by atoms with Crippen molar-refractivity contribution in [3.63, 3.8) is 0 Å². The Hall–Kier alpha value is -14.2. The van der Waals surface area contributed by atoms with E-state index in [1.54, 1.807) is 69.2 Å². The van der Waals surface area contributed by atoms with E-state index in [2.05, 4.69) is 52.9 Å². The van der Waals surface area contributed by atoms with Crippen molar-refractivity contribution in [3.05, 3.63) is 207 Å². The van der Waals surface area contributed by atoms with Gasteiger partial charge in [-0.05, 0) is 127 Å². The topological polar surface area (TPSA) is 525 Å². The predicted molar refractivity (Wildman–Crippen MR) is 501 cm³/mol. The minimum atomic E-state index is -0.589. The van der Waals surface area contributed by atoms with Crippen LogP contribution in [-0.4, -0.2) is 173 Å². The number of nitrogens with two attached hydrogens (primary N) is 3. The predicted octanol–water partition coefficient (Wildman–Crippen LogP) is 17.1. The Morgan fingerprint density at radius 3 is 1.11 bits per heavy atom. The fourth-order valence-electron chi connectivity index (χ4n) is 10.9. The summed E-state index contributed by atoms with van der Waals surface area (Å²) in [6, 6.07) is 35.2. The number of aromatic hydroxyl groups is 2. The van der Waals surface area contributed by atoms with E-state index in [1.165, 1.54) is 129 Å². The Labute approximate surface area is 754 Å². The molecular weight excluding hydrogens is 1710 g/mol. The number of hydrazine groups is 1. The molecule has 0 aromatic heterocycles. The van der Waals surface area contributed by atoms with Crippen molar-refractivity contribution in [1.82, 2.24) is 5.43 Å². The van der Waals surface area contributed by atoms with Gasteiger partial charge in [0.25, 0.3) is 34.3 Å². The van der Waals surface area contributed by atoms with E-state index >= 15 is 0 Å². The van der Waals surface area contributed by atoms with Gasteiger partial charge in [-0.1, -0.05) is 62.3 Å². The van der Waals surface area contributed by atoms with Crippen molar-refractivity contribution < 1.29 is 92.0 Å². The highest BCUT2D eigenvalue weighted by Crippen LogP contribution is 2.38. The number of amides is 3. The largest absolute Gasteiger partial charge is 0.508 e. The van der Waals surface area contributed by atoms with Crippen LogP contribution in [-0.2, 0) is 25.6 Å². The van der Waals surface area contributed by atoms with E-state index in [0.717, 1.165) is 84.9 Å². The summed E-state index contributed by atoms with van der Waals surface area (Å²) >= 11 is 9.42. The van der Waals surface area contributed by atoms with Crippen LogP contribution in [0.25, 0.3) is 0 Å². The lowest BCUT2D eigenvalue weighted by atomic mass is 9.98. The second-order valence-electron chi connectivity index (χ2n) is 27.0. The number of thiocarbonyl (C=S) groups is 1. The van der Waals surface area contributed by atoms with Crippen LogP contribution in [0.1, 0.15) is 135 Å². The number of nitro benzene ring substituents is 5. The number of carbonyl (C=O) groups excluding carboxylic acids is 5. The van der Waals surface area contributed by atoms with E-state index < -0.39 is 30.5 Å². The van der Waals surface area contributed by atoms with Crippen molar-refractivity contribution in [1.29, 1.82) is 0 Å². The molecule has 41 heteroatoms. The van der Waals surface area contributed by atoms with Gasteiger partial charge in [0, 0.05) is 165 Å². The molecule has 39 nitrogen and oxygen atoms in total. The zero-order valence-electron chi connectivity index (χ0n) is 75.9. The third kappa shape index (κ3) is 38.5. The molecule has 0 aliphatic carbocycles. The van der Waals surface area contributed by atoms with Crippen LogP contribution in [0.5, 0.6) is 51.7 Å². The van der Waals surface area contributed by atoms with Gasteiger partial charge in [-0.25, -0.2) is 5.84 Å². The molecule has 0 fully saturated rings. The first-order valence-electron chi connectivity index (χ1n) is 39.5. The van der Waals surface area contributed by atoms with Crippen LogP contribution in [0.2, 0.25) is 0 Å². The fourth-order valence-corrected chi connectivity index (χ4v) is 11.0. The molecule has 9 N–H and O–H groups in total. The van der Waals surface area contributed by atoms with Gasteiger partial charge in [0.15, 0.2) is 0 Å². The molecule has 8 rings (SSSR count). The number of isothiocyanates is 1. The monoisotopic (exact) mass is 1820 g/mol. The van der Waals surface area contributed by atoms with Crippen LogP contribution in [0.4, 0.5) is 73.9 Å². The van der Waals surface area contributed by atoms with Crippen molar-refractivity contribution >= 4 is 132 Å². The summed E-state index contributed by atoms with van der Waals surface area (Å²) in [5, 5.41) is 73.9. The van der Waals surface area contributed by atoms with Crippen molar-refractivity contribution in [3.8, 4) is 51.7 Å². The number of nitro groups is 5. The van der Waals surface area contributed by atoms with Gasteiger partial charge in [-0.15, -0.1) is 0 Å². The number of rotatable bonds is 32. The second-order valence-corrected chi connectivity index (χ2v) is 27.6. The zero-order chi connectivity index (χ0) is 97.8. The number of nitrogens with one attached hydrogen (secondary N) is 1. The Bertz CT molecular complexity index is 4880. The van der Waals surface area contributed by atoms with E-state index in [-0.39, 0.29) is 86.4 Å². The summed E-state index contributed by atoms with van der Waals surface area (Å²) in [4.78, 5) is 119. The molecule has 8 aromatic carbocycles. The van der Waals surface area contributed by atoms with Gasteiger partial charge < -0.3 is 79.3 Å². The summed E-state index contributed by atoms with van der Waals surface area (Å²) in [5.74, 6) is 8.04. The normalized spacial score (nSPS) is 9.75. The van der Waals surface area contributed by atoms with Crippen molar-refractivity contribution in [2.24, 2.45) is 10.8 Å². The number of aliphatic imine (C=N–C) groups is 1. The number of phenols is 2. The minimum Gasteiger partial charge on any atom is -0.508 e. The Balaban J connectivity index is 0.00000143. The van der Waals surface area contributed by atoms with Crippen LogP contribution in [0.15, 0.2) is 145 Å². The number of nitrogen functional groups attached to an aromatic ring is 3. The van der Waals surface area contributed by atoms with Crippen LogP contribution in [0.3, 0.4) is 0 Å². The summed E-state index contributed by atoms with van der Waals surface area (Å²) in [5.41, 5.74) is 19.6. The maximum atomic E-state index is 11.6. The Morgan fingerprint density at radius 2 is 0.781 bits per heavy atom. The van der Waals surface area contributed by atoms with Crippen LogP contribution in [0, 0.1) is 50.6 Å². The van der Waals surface area contributed by atoms with Gasteiger partial charge in [-0.2, -0.15) is 4.99 Å². The highest BCUT2D eigenvalue weighted by Gasteiger charge is 2.23. The number of ether oxygens (including phenoxy) is 7. The smallest absolute Gasteiger partial charge is 0.271 e. The number of carbonyl (C=O) groups is 5. The minimum absolute atomic E-state index is 0.0267. The number of Topliss-reactive ketones (excluding diaryl/α,β-unsaturated/α-hetero) is 1. The first-order chi connectivity index (χ1) is 60.5. The lowest BCUT2D eigenvalue weighted by Crippen LogP contribution is -2.30. The highest BCUT2D eigenvalue weighted by molar-refractivity contribution is 7.78. The summed E-state index contributed by atoms with van der Waals surface area (Å²) in [6.45, 7) is 19.8. The maximum absolute atomic E-state index is 11.6. The van der Waals surface area contributed by atoms with Gasteiger partial charge >= 0.3 is 0 Å². The van der Waals surface area contributed by atoms with E-state index in [4.69, 9.17) is 62.1 Å². The maximum Gasteiger partial charge on any atom is 0.271 e. The molecule has 0 unspecified atom stereocenters. The number of methoxy groups -OCH3 is 7. The molecular formula is C87H118ClN15O24S. The Morgan fingerprint density at radius 1 is 0.453 bits per heavy atom. The summed E-state index contributed by atoms with van der Waals surface area (Å²) in [7, 11) is 19.8. The number of hydrogen-bond donors (Lipinski definition) is 6. The highest BCUT2D eigenvalue weighted by atomic mass is 35.5. The van der Waals surface area contributed by atoms with Gasteiger partial charge in [0.05, 0.1) is 125 Å². The number of benzene rings is 8. The molecule has 8 aromatic rings. The van der Waals surface area contributed by atoms with E-state index in [1.807, 2.05) is 81.7 Å². The van der Waals surface area contributed by atoms with E-state index in [9.17, 15) is 84.8 Å². The van der Waals surface area contributed by atoms with Crippen molar-refractivity contribution in [2.75, 3.05) is 141 Å². The third-order valence-corrected chi connectivity index (χ3v) is 18.1. The molecule has 0 aliphatic rings. The molecule has 698 valence electrons. The molecule has 0 radical (unpaired) electrons. The van der Waals surface area contributed by atoms with E-state index in [0.29, 0.717) is 76.9 Å². The number of phenolic OH excluding ortho intramolecular Hbond substituents is 2. The number of non-ortho nitro benzene ring substituents is 5. The molecule has 0 atom stereocenters. The summed E-state index contributed by atoms with van der Waals surface area (Å²) in [6.07, 6.45) is 4.82. The number of ketones is 1. The summed E-state index contributed by atoms with van der Waals surface area (Å²) < 4.78 is 35.8. The molecule has 0 heterocycles. The molecule has 3 amide bonds. The molecule has 128 heavy (non-hydrogen) atoms. The second kappa shape index (κ2) is 60.4. The zero-order valence-corrected chi connectivity index (χ0v) is 77.5. The SMILES string of the molecule is CC(C)c1cc(C(=O)NN)c(O)cc1O.CCC(=O)Cc1cc([N+](=O)[O-])ccc1OC.CCC(=O)Cl.CCC(=O)N(C)c1cc([N+](=O)[O-])ccc1OC.CCC(=O)N(C)c1cc([N+](=O)[O-])ccc1OC.CCCN(C)c1cc(N)ccc1OC.CCCN(C)c1cc(N=C=S)ccc1OC.CCCN(C)c1cc([N+](=O)[O-])ccc1OC.COc1ccc([N+](=O)[O-])cc1N.